The average Bonchev–Trinajstić information content (AvgIpc) is 2.48. The summed E-state index contributed by atoms with van der Waals surface area (Å²) in [6.07, 6.45) is 3.23. The van der Waals surface area contributed by atoms with Crippen molar-refractivity contribution in [3.63, 3.8) is 0 Å². The fraction of sp³-hybridized carbons (Fsp3) is 0.667. The summed E-state index contributed by atoms with van der Waals surface area (Å²) in [6.45, 7) is 1.50. The van der Waals surface area contributed by atoms with E-state index < -0.39 is 12.1 Å². The van der Waals surface area contributed by atoms with Crippen LogP contribution in [0, 0.1) is 0 Å². The van der Waals surface area contributed by atoms with E-state index in [-0.39, 0.29) is 12.2 Å². The lowest BCUT2D eigenvalue weighted by atomic mass is 10.1. The molecule has 2 atom stereocenters. The van der Waals surface area contributed by atoms with Crippen molar-refractivity contribution in [1.82, 2.24) is 0 Å². The van der Waals surface area contributed by atoms with Crippen molar-refractivity contribution in [2.75, 3.05) is 14.2 Å². The molecule has 4 nitrogen and oxygen atoms in total. The number of hydrogen-bond acceptors (Lipinski definition) is 4. The Kier molecular flexibility index (Phi) is 3.19. The normalized spacial score (nSPS) is 32.4. The highest BCUT2D eigenvalue weighted by atomic mass is 16.8. The summed E-state index contributed by atoms with van der Waals surface area (Å²) in [6, 6.07) is 0. The molecule has 13 heavy (non-hydrogen) atoms. The van der Waals surface area contributed by atoms with Gasteiger partial charge >= 0.3 is 0 Å². The van der Waals surface area contributed by atoms with Gasteiger partial charge in [-0.15, -0.1) is 0 Å². The van der Waals surface area contributed by atoms with Crippen LogP contribution in [0.4, 0.5) is 0 Å². The number of rotatable bonds is 4. The van der Waals surface area contributed by atoms with Gasteiger partial charge in [0.2, 0.25) is 0 Å². The van der Waals surface area contributed by atoms with Gasteiger partial charge in [0, 0.05) is 14.2 Å². The van der Waals surface area contributed by atoms with Crippen LogP contribution in [0.15, 0.2) is 12.2 Å². The SMILES string of the molecule is CO[C@H]1C=C[C@@](CC(C)=O)(OC)O1. The van der Waals surface area contributed by atoms with Crippen molar-refractivity contribution in [3.05, 3.63) is 12.2 Å². The second-order valence-corrected chi connectivity index (χ2v) is 2.98. The highest BCUT2D eigenvalue weighted by Gasteiger charge is 2.36. The Hall–Kier alpha value is -0.710. The summed E-state index contributed by atoms with van der Waals surface area (Å²) < 4.78 is 15.5. The zero-order valence-corrected chi connectivity index (χ0v) is 8.07. The number of carbonyl (C=O) groups is 1. The molecule has 0 aromatic rings. The predicted molar refractivity (Wildman–Crippen MR) is 46.1 cm³/mol. The maximum Gasteiger partial charge on any atom is 0.197 e. The molecule has 0 saturated heterocycles. The fourth-order valence-corrected chi connectivity index (χ4v) is 1.26. The van der Waals surface area contributed by atoms with Crippen molar-refractivity contribution >= 4 is 5.78 Å². The van der Waals surface area contributed by atoms with Crippen molar-refractivity contribution in [2.45, 2.75) is 25.4 Å². The van der Waals surface area contributed by atoms with E-state index in [0.29, 0.717) is 0 Å². The molecule has 1 rings (SSSR count). The molecule has 0 aromatic carbocycles. The molecule has 0 spiro atoms. The lowest BCUT2D eigenvalue weighted by Gasteiger charge is -2.25. The molecule has 0 bridgehead atoms. The Labute approximate surface area is 77.5 Å². The number of ketones is 1. The van der Waals surface area contributed by atoms with Crippen molar-refractivity contribution < 1.29 is 19.0 Å². The summed E-state index contributed by atoms with van der Waals surface area (Å²) in [4.78, 5) is 10.9. The summed E-state index contributed by atoms with van der Waals surface area (Å²) in [5.41, 5.74) is 0. The number of carbonyl (C=O) groups excluding carboxylic acids is 1. The molecular formula is C9H14O4. The van der Waals surface area contributed by atoms with Crippen LogP contribution in [-0.4, -0.2) is 32.1 Å². The van der Waals surface area contributed by atoms with Gasteiger partial charge in [-0.25, -0.2) is 0 Å². The van der Waals surface area contributed by atoms with E-state index in [1.165, 1.54) is 21.1 Å². The van der Waals surface area contributed by atoms with Crippen LogP contribution >= 0.6 is 0 Å². The zero-order valence-electron chi connectivity index (χ0n) is 8.07. The quantitative estimate of drug-likeness (QED) is 0.611. The van der Waals surface area contributed by atoms with Crippen LogP contribution in [-0.2, 0) is 19.0 Å². The predicted octanol–water partition coefficient (Wildman–Crippen LogP) is 0.867. The van der Waals surface area contributed by atoms with E-state index in [4.69, 9.17) is 14.2 Å². The largest absolute Gasteiger partial charge is 0.352 e. The van der Waals surface area contributed by atoms with Gasteiger partial charge in [-0.2, -0.15) is 0 Å². The third-order valence-electron chi connectivity index (χ3n) is 1.90. The topological polar surface area (TPSA) is 44.8 Å². The molecule has 0 fully saturated rings. The molecule has 0 saturated carbocycles. The van der Waals surface area contributed by atoms with Crippen molar-refractivity contribution in [2.24, 2.45) is 0 Å². The van der Waals surface area contributed by atoms with E-state index in [1.54, 1.807) is 12.2 Å². The number of methoxy groups -OCH3 is 2. The number of Topliss-reactive ketones (excluding diaryl/α,β-unsaturated/α-hetero) is 1. The lowest BCUT2D eigenvalue weighted by Crippen LogP contribution is -2.34. The second-order valence-electron chi connectivity index (χ2n) is 2.98. The third-order valence-corrected chi connectivity index (χ3v) is 1.90. The summed E-state index contributed by atoms with van der Waals surface area (Å²) >= 11 is 0. The Morgan fingerprint density at radius 2 is 2.31 bits per heavy atom. The van der Waals surface area contributed by atoms with Gasteiger partial charge < -0.3 is 14.2 Å². The molecule has 0 aliphatic carbocycles. The summed E-state index contributed by atoms with van der Waals surface area (Å²) in [5, 5.41) is 0. The summed E-state index contributed by atoms with van der Waals surface area (Å²) in [7, 11) is 3.04. The zero-order chi connectivity index (χ0) is 9.90. The minimum absolute atomic E-state index is 0.0169. The van der Waals surface area contributed by atoms with Crippen LogP contribution < -0.4 is 0 Å². The maximum absolute atomic E-state index is 10.9. The van der Waals surface area contributed by atoms with Crippen LogP contribution in [0.2, 0.25) is 0 Å². The van der Waals surface area contributed by atoms with Gasteiger partial charge in [0.05, 0.1) is 6.42 Å². The molecule has 0 aromatic heterocycles. The fourth-order valence-electron chi connectivity index (χ4n) is 1.26. The number of ether oxygens (including phenoxy) is 3. The summed E-state index contributed by atoms with van der Waals surface area (Å²) in [5.74, 6) is -0.907. The van der Waals surface area contributed by atoms with Crippen molar-refractivity contribution in [1.29, 1.82) is 0 Å². The average molecular weight is 186 g/mol. The first-order chi connectivity index (χ1) is 6.12. The Balaban J connectivity index is 2.64. The second kappa shape index (κ2) is 4.00. The van der Waals surface area contributed by atoms with Crippen molar-refractivity contribution in [3.8, 4) is 0 Å². The van der Waals surface area contributed by atoms with Gasteiger partial charge in [0.1, 0.15) is 5.78 Å². The van der Waals surface area contributed by atoms with Gasteiger partial charge in [0.25, 0.3) is 0 Å². The van der Waals surface area contributed by atoms with Crippen LogP contribution in [0.5, 0.6) is 0 Å². The minimum Gasteiger partial charge on any atom is -0.352 e. The Morgan fingerprint density at radius 1 is 1.62 bits per heavy atom. The van der Waals surface area contributed by atoms with Crippen LogP contribution in [0.3, 0.4) is 0 Å². The number of hydrogen-bond donors (Lipinski definition) is 0. The van der Waals surface area contributed by atoms with E-state index in [2.05, 4.69) is 0 Å². The van der Waals surface area contributed by atoms with Gasteiger partial charge in [-0.1, -0.05) is 0 Å². The first kappa shape index (κ1) is 10.4. The van der Waals surface area contributed by atoms with E-state index in [9.17, 15) is 4.79 Å². The molecule has 0 unspecified atom stereocenters. The maximum atomic E-state index is 10.9. The monoisotopic (exact) mass is 186 g/mol. The molecule has 1 heterocycles. The highest BCUT2D eigenvalue weighted by molar-refractivity contribution is 5.76. The Bertz CT molecular complexity index is 224. The first-order valence-corrected chi connectivity index (χ1v) is 4.06. The van der Waals surface area contributed by atoms with E-state index >= 15 is 0 Å². The van der Waals surface area contributed by atoms with Gasteiger partial charge in [0.15, 0.2) is 12.1 Å². The van der Waals surface area contributed by atoms with Crippen LogP contribution in [0.1, 0.15) is 13.3 Å². The smallest absolute Gasteiger partial charge is 0.197 e. The lowest BCUT2D eigenvalue weighted by molar-refractivity contribution is -0.242. The van der Waals surface area contributed by atoms with Crippen LogP contribution in [0.25, 0.3) is 0 Å². The Morgan fingerprint density at radius 3 is 2.69 bits per heavy atom. The molecule has 1 aliphatic heterocycles. The highest BCUT2D eigenvalue weighted by Crippen LogP contribution is 2.28. The molecule has 0 N–H and O–H groups in total. The molecule has 0 amide bonds. The first-order valence-electron chi connectivity index (χ1n) is 4.06. The molecule has 0 radical (unpaired) electrons. The van der Waals surface area contributed by atoms with E-state index in [1.807, 2.05) is 0 Å². The minimum atomic E-state index is -0.924. The standard InChI is InChI=1S/C9H14O4/c1-7(10)6-9(12-3)5-4-8(11-2)13-9/h4-5,8H,6H2,1-3H3/t8-,9-/m1/s1. The van der Waals surface area contributed by atoms with Gasteiger partial charge in [-0.05, 0) is 19.1 Å². The third kappa shape index (κ3) is 2.37. The molecule has 74 valence electrons. The van der Waals surface area contributed by atoms with E-state index in [0.717, 1.165) is 0 Å². The molecular weight excluding hydrogens is 172 g/mol. The van der Waals surface area contributed by atoms with Gasteiger partial charge in [-0.3, -0.25) is 4.79 Å². The molecule has 1 aliphatic rings. The molecule has 4 heteroatoms.